The largest absolute Gasteiger partial charge is 0.325 e. The molecule has 0 aromatic carbocycles. The molecule has 2 nitrogen and oxygen atoms in total. The second-order valence-corrected chi connectivity index (χ2v) is 3.63. The van der Waals surface area contributed by atoms with Gasteiger partial charge in [0, 0.05) is 17.7 Å². The van der Waals surface area contributed by atoms with Gasteiger partial charge in [0.15, 0.2) is 0 Å². The molecule has 0 spiro atoms. The van der Waals surface area contributed by atoms with Gasteiger partial charge in [0.2, 0.25) is 0 Å². The van der Waals surface area contributed by atoms with Crippen molar-refractivity contribution in [3.05, 3.63) is 29.8 Å². The topological polar surface area (TPSA) is 38.9 Å². The van der Waals surface area contributed by atoms with Gasteiger partial charge in [-0.1, -0.05) is 0 Å². The van der Waals surface area contributed by atoms with Crippen molar-refractivity contribution in [1.82, 2.24) is 4.98 Å². The molecule has 1 aromatic rings. The molecule has 0 atom stereocenters. The first-order chi connectivity index (χ1) is 5.47. The molecule has 1 aromatic heterocycles. The number of pyridine rings is 1. The van der Waals surface area contributed by atoms with E-state index >= 15 is 0 Å². The fraction of sp³-hybridized carbons (Fsp3) is 0.444. The molecule has 0 aliphatic carbocycles. The molecule has 3 heteroatoms. The summed E-state index contributed by atoms with van der Waals surface area (Å²) in [5, 5.41) is 0. The van der Waals surface area contributed by atoms with Gasteiger partial charge in [-0.25, -0.2) is 4.39 Å². The second-order valence-electron chi connectivity index (χ2n) is 3.63. The average Bonchev–Trinajstić information content (AvgIpc) is 1.91. The first-order valence-electron chi connectivity index (χ1n) is 3.87. The Morgan fingerprint density at radius 1 is 1.50 bits per heavy atom. The monoisotopic (exact) mass is 168 g/mol. The maximum Gasteiger partial charge on any atom is 0.141 e. The van der Waals surface area contributed by atoms with E-state index < -0.39 is 0 Å². The fourth-order valence-corrected chi connectivity index (χ4v) is 0.978. The molecular weight excluding hydrogens is 155 g/mol. The van der Waals surface area contributed by atoms with Gasteiger partial charge in [0.05, 0.1) is 6.20 Å². The van der Waals surface area contributed by atoms with Crippen LogP contribution in [0.15, 0.2) is 18.3 Å². The summed E-state index contributed by atoms with van der Waals surface area (Å²) in [5.74, 6) is -0.312. The van der Waals surface area contributed by atoms with Crippen LogP contribution < -0.4 is 5.73 Å². The van der Waals surface area contributed by atoms with Crippen LogP contribution >= 0.6 is 0 Å². The molecule has 12 heavy (non-hydrogen) atoms. The highest BCUT2D eigenvalue weighted by molar-refractivity contribution is 5.08. The molecule has 1 rings (SSSR count). The summed E-state index contributed by atoms with van der Waals surface area (Å²) in [6.07, 6.45) is 1.87. The van der Waals surface area contributed by atoms with Crippen molar-refractivity contribution in [1.29, 1.82) is 0 Å². The van der Waals surface area contributed by atoms with E-state index in [-0.39, 0.29) is 11.4 Å². The van der Waals surface area contributed by atoms with Crippen LogP contribution in [0.2, 0.25) is 0 Å². The van der Waals surface area contributed by atoms with E-state index in [0.717, 1.165) is 5.69 Å². The Morgan fingerprint density at radius 3 is 2.58 bits per heavy atom. The van der Waals surface area contributed by atoms with Gasteiger partial charge in [-0.3, -0.25) is 4.98 Å². The van der Waals surface area contributed by atoms with Gasteiger partial charge < -0.3 is 5.73 Å². The number of hydrogen-bond donors (Lipinski definition) is 1. The first kappa shape index (κ1) is 9.13. The molecule has 0 bridgehead atoms. The standard InChI is InChI=1S/C9H13FN2/c1-9(2,11)5-8-4-3-7(10)6-12-8/h3-4,6H,5,11H2,1-2H3. The molecular formula is C9H13FN2. The van der Waals surface area contributed by atoms with E-state index in [1.165, 1.54) is 12.3 Å². The summed E-state index contributed by atoms with van der Waals surface area (Å²) < 4.78 is 12.4. The lowest BCUT2D eigenvalue weighted by Crippen LogP contribution is -2.34. The first-order valence-corrected chi connectivity index (χ1v) is 3.87. The van der Waals surface area contributed by atoms with Gasteiger partial charge >= 0.3 is 0 Å². The average molecular weight is 168 g/mol. The number of nitrogens with two attached hydrogens (primary N) is 1. The number of halogens is 1. The predicted octanol–water partition coefficient (Wildman–Crippen LogP) is 1.50. The van der Waals surface area contributed by atoms with Crippen LogP contribution in [-0.4, -0.2) is 10.5 Å². The van der Waals surface area contributed by atoms with Crippen LogP contribution in [0.3, 0.4) is 0 Å². The van der Waals surface area contributed by atoms with E-state index in [9.17, 15) is 4.39 Å². The maximum absolute atomic E-state index is 12.4. The zero-order chi connectivity index (χ0) is 9.19. The van der Waals surface area contributed by atoms with Crippen molar-refractivity contribution in [3.8, 4) is 0 Å². The highest BCUT2D eigenvalue weighted by Gasteiger charge is 2.11. The molecule has 0 fully saturated rings. The molecule has 0 radical (unpaired) electrons. The summed E-state index contributed by atoms with van der Waals surface area (Å²) in [5.41, 5.74) is 6.31. The number of nitrogens with zero attached hydrogens (tertiary/aromatic N) is 1. The van der Waals surface area contributed by atoms with Crippen molar-refractivity contribution < 1.29 is 4.39 Å². The fourth-order valence-electron chi connectivity index (χ4n) is 0.978. The van der Waals surface area contributed by atoms with Crippen molar-refractivity contribution in [2.45, 2.75) is 25.8 Å². The molecule has 2 N–H and O–H groups in total. The Labute approximate surface area is 71.6 Å². The van der Waals surface area contributed by atoms with Crippen LogP contribution in [0, 0.1) is 5.82 Å². The highest BCUT2D eigenvalue weighted by Crippen LogP contribution is 2.07. The lowest BCUT2D eigenvalue weighted by atomic mass is 10.00. The zero-order valence-corrected chi connectivity index (χ0v) is 7.34. The summed E-state index contributed by atoms with van der Waals surface area (Å²) in [6.45, 7) is 3.83. The SMILES string of the molecule is CC(C)(N)Cc1ccc(F)cn1. The van der Waals surface area contributed by atoms with Crippen molar-refractivity contribution >= 4 is 0 Å². The third-order valence-corrected chi connectivity index (χ3v) is 1.43. The van der Waals surface area contributed by atoms with Gasteiger partial charge in [0.1, 0.15) is 5.82 Å². The van der Waals surface area contributed by atoms with Gasteiger partial charge in [-0.2, -0.15) is 0 Å². The third-order valence-electron chi connectivity index (χ3n) is 1.43. The minimum absolute atomic E-state index is 0.287. The van der Waals surface area contributed by atoms with E-state index in [1.807, 2.05) is 13.8 Å². The smallest absolute Gasteiger partial charge is 0.141 e. The molecule has 66 valence electrons. The molecule has 0 aliphatic rings. The zero-order valence-electron chi connectivity index (χ0n) is 7.34. The Balaban J connectivity index is 2.71. The van der Waals surface area contributed by atoms with Crippen molar-refractivity contribution in [2.24, 2.45) is 5.73 Å². The van der Waals surface area contributed by atoms with Gasteiger partial charge in [-0.05, 0) is 26.0 Å². The van der Waals surface area contributed by atoms with Crippen LogP contribution in [-0.2, 0) is 6.42 Å². The maximum atomic E-state index is 12.4. The summed E-state index contributed by atoms with van der Waals surface area (Å²) in [7, 11) is 0. The molecule has 0 unspecified atom stereocenters. The minimum Gasteiger partial charge on any atom is -0.325 e. The molecule has 1 heterocycles. The van der Waals surface area contributed by atoms with E-state index in [0.29, 0.717) is 6.42 Å². The van der Waals surface area contributed by atoms with E-state index in [4.69, 9.17) is 5.73 Å². The Bertz CT molecular complexity index is 248. The van der Waals surface area contributed by atoms with E-state index in [2.05, 4.69) is 4.98 Å². The third kappa shape index (κ3) is 2.96. The summed E-state index contributed by atoms with van der Waals surface area (Å²) in [4.78, 5) is 3.91. The molecule has 0 amide bonds. The van der Waals surface area contributed by atoms with Crippen LogP contribution in [0.4, 0.5) is 4.39 Å². The molecule has 0 saturated carbocycles. The number of aromatic nitrogens is 1. The van der Waals surface area contributed by atoms with Crippen LogP contribution in [0.25, 0.3) is 0 Å². The molecule has 0 saturated heterocycles. The Morgan fingerprint density at radius 2 is 2.17 bits per heavy atom. The highest BCUT2D eigenvalue weighted by atomic mass is 19.1. The lowest BCUT2D eigenvalue weighted by molar-refractivity contribution is 0.508. The minimum atomic E-state index is -0.312. The van der Waals surface area contributed by atoms with Crippen molar-refractivity contribution in [2.75, 3.05) is 0 Å². The lowest BCUT2D eigenvalue weighted by Gasteiger charge is -2.17. The predicted molar refractivity (Wildman–Crippen MR) is 46.2 cm³/mol. The Kier molecular flexibility index (Phi) is 2.43. The van der Waals surface area contributed by atoms with Gasteiger partial charge in [-0.15, -0.1) is 0 Å². The number of hydrogen-bond acceptors (Lipinski definition) is 2. The summed E-state index contributed by atoms with van der Waals surface area (Å²) in [6, 6.07) is 3.05. The van der Waals surface area contributed by atoms with Gasteiger partial charge in [0.25, 0.3) is 0 Å². The second kappa shape index (κ2) is 3.19. The van der Waals surface area contributed by atoms with Crippen LogP contribution in [0.5, 0.6) is 0 Å². The Hall–Kier alpha value is -0.960. The van der Waals surface area contributed by atoms with E-state index in [1.54, 1.807) is 6.07 Å². The summed E-state index contributed by atoms with van der Waals surface area (Å²) >= 11 is 0. The quantitative estimate of drug-likeness (QED) is 0.726. The molecule has 0 aliphatic heterocycles. The number of rotatable bonds is 2. The van der Waals surface area contributed by atoms with Crippen molar-refractivity contribution in [3.63, 3.8) is 0 Å². The van der Waals surface area contributed by atoms with Crippen LogP contribution in [0.1, 0.15) is 19.5 Å². The normalized spacial score (nSPS) is 11.7.